The number of hydrogen-bond donors (Lipinski definition) is 1. The molecule has 0 fully saturated rings. The van der Waals surface area contributed by atoms with Gasteiger partial charge in [0.1, 0.15) is 0 Å². The maximum atomic E-state index is 10.3. The lowest BCUT2D eigenvalue weighted by Crippen LogP contribution is -2.26. The Bertz CT molecular complexity index is 560. The van der Waals surface area contributed by atoms with Crippen molar-refractivity contribution in [3.05, 3.63) is 52.5 Å². The van der Waals surface area contributed by atoms with Crippen LogP contribution in [0.1, 0.15) is 18.1 Å². The Labute approximate surface area is 134 Å². The summed E-state index contributed by atoms with van der Waals surface area (Å²) in [7, 11) is 1.99. The summed E-state index contributed by atoms with van der Waals surface area (Å²) in [5.41, 5.74) is 0.711. The van der Waals surface area contributed by atoms with E-state index in [1.54, 1.807) is 24.4 Å². The molecule has 2 rings (SSSR count). The molecule has 0 bridgehead atoms. The predicted octanol–water partition coefficient (Wildman–Crippen LogP) is 3.25. The standard InChI is InChI=1S/C15H19Cl2N3O/c1-19(6-2-7-20-8-5-18-11-20)10-15(21)13-4-3-12(16)9-14(13)17/h3-5,8-9,11,15,21H,2,6-7,10H2,1H3. The number of aliphatic hydroxyl groups is 1. The van der Waals surface area contributed by atoms with Crippen LogP contribution >= 0.6 is 23.2 Å². The Balaban J connectivity index is 1.79. The van der Waals surface area contributed by atoms with Crippen LogP contribution in [0.15, 0.2) is 36.9 Å². The molecule has 0 aliphatic heterocycles. The van der Waals surface area contributed by atoms with Crippen LogP contribution in [0.3, 0.4) is 0 Å². The maximum Gasteiger partial charge on any atom is 0.0945 e. The van der Waals surface area contributed by atoms with Crippen LogP contribution in [0, 0.1) is 0 Å². The molecular weight excluding hydrogens is 309 g/mol. The van der Waals surface area contributed by atoms with Crippen molar-refractivity contribution in [3.63, 3.8) is 0 Å². The summed E-state index contributed by atoms with van der Waals surface area (Å²) in [5, 5.41) is 11.3. The highest BCUT2D eigenvalue weighted by atomic mass is 35.5. The number of nitrogens with zero attached hydrogens (tertiary/aromatic N) is 3. The van der Waals surface area contributed by atoms with Gasteiger partial charge in [0.15, 0.2) is 0 Å². The zero-order chi connectivity index (χ0) is 15.2. The van der Waals surface area contributed by atoms with E-state index >= 15 is 0 Å². The molecule has 0 spiro atoms. The van der Waals surface area contributed by atoms with Gasteiger partial charge in [-0.2, -0.15) is 0 Å². The van der Waals surface area contributed by atoms with E-state index in [0.717, 1.165) is 19.5 Å². The fourth-order valence-corrected chi connectivity index (χ4v) is 2.73. The number of imidazole rings is 1. The van der Waals surface area contributed by atoms with E-state index in [1.807, 2.05) is 24.1 Å². The van der Waals surface area contributed by atoms with E-state index in [9.17, 15) is 5.11 Å². The number of aromatic nitrogens is 2. The van der Waals surface area contributed by atoms with Gasteiger partial charge in [-0.3, -0.25) is 0 Å². The molecule has 114 valence electrons. The van der Waals surface area contributed by atoms with E-state index < -0.39 is 6.10 Å². The quantitative estimate of drug-likeness (QED) is 0.848. The Morgan fingerprint density at radius 3 is 2.86 bits per heavy atom. The number of halogens is 2. The first-order valence-corrected chi connectivity index (χ1v) is 7.59. The van der Waals surface area contributed by atoms with Gasteiger partial charge in [-0.05, 0) is 32.1 Å². The molecule has 21 heavy (non-hydrogen) atoms. The molecule has 0 amide bonds. The van der Waals surface area contributed by atoms with Crippen LogP contribution in [0.4, 0.5) is 0 Å². The number of likely N-dealkylation sites (N-methyl/N-ethyl adjacent to an activating group) is 1. The van der Waals surface area contributed by atoms with Crippen molar-refractivity contribution in [2.45, 2.75) is 19.1 Å². The molecule has 2 aromatic rings. The van der Waals surface area contributed by atoms with Gasteiger partial charge in [-0.1, -0.05) is 29.3 Å². The predicted molar refractivity (Wildman–Crippen MR) is 85.8 cm³/mol. The van der Waals surface area contributed by atoms with Gasteiger partial charge in [0, 0.05) is 41.1 Å². The van der Waals surface area contributed by atoms with Crippen molar-refractivity contribution in [1.82, 2.24) is 14.5 Å². The zero-order valence-corrected chi connectivity index (χ0v) is 13.4. The summed E-state index contributed by atoms with van der Waals surface area (Å²) in [4.78, 5) is 6.10. The second kappa shape index (κ2) is 7.80. The second-order valence-corrected chi connectivity index (χ2v) is 5.94. The summed E-state index contributed by atoms with van der Waals surface area (Å²) in [6.45, 7) is 2.34. The highest BCUT2D eigenvalue weighted by Crippen LogP contribution is 2.26. The minimum absolute atomic E-state index is 0.502. The molecule has 4 nitrogen and oxygen atoms in total. The van der Waals surface area contributed by atoms with Crippen LogP contribution in [0.2, 0.25) is 10.0 Å². The Kier molecular flexibility index (Phi) is 6.06. The van der Waals surface area contributed by atoms with Crippen molar-refractivity contribution in [3.8, 4) is 0 Å². The van der Waals surface area contributed by atoms with E-state index in [4.69, 9.17) is 23.2 Å². The summed E-state index contributed by atoms with van der Waals surface area (Å²) >= 11 is 12.0. The molecule has 0 saturated heterocycles. The number of aryl methyl sites for hydroxylation is 1. The van der Waals surface area contributed by atoms with Gasteiger partial charge in [0.2, 0.25) is 0 Å². The van der Waals surface area contributed by atoms with E-state index in [2.05, 4.69) is 9.88 Å². The van der Waals surface area contributed by atoms with Crippen molar-refractivity contribution >= 4 is 23.2 Å². The molecular formula is C15H19Cl2N3O. The van der Waals surface area contributed by atoms with E-state index in [-0.39, 0.29) is 0 Å². The molecule has 0 aliphatic rings. The molecule has 1 aromatic heterocycles. The second-order valence-electron chi connectivity index (χ2n) is 5.10. The van der Waals surface area contributed by atoms with E-state index in [1.165, 1.54) is 0 Å². The van der Waals surface area contributed by atoms with Gasteiger partial charge in [0.25, 0.3) is 0 Å². The molecule has 6 heteroatoms. The van der Waals surface area contributed by atoms with Crippen LogP contribution in [-0.2, 0) is 6.54 Å². The molecule has 0 aliphatic carbocycles. The zero-order valence-electron chi connectivity index (χ0n) is 11.9. The summed E-state index contributed by atoms with van der Waals surface area (Å²) < 4.78 is 2.04. The Morgan fingerprint density at radius 1 is 1.38 bits per heavy atom. The molecule has 1 heterocycles. The monoisotopic (exact) mass is 327 g/mol. The minimum atomic E-state index is -0.618. The molecule has 1 unspecified atom stereocenters. The van der Waals surface area contributed by atoms with Crippen molar-refractivity contribution in [1.29, 1.82) is 0 Å². The largest absolute Gasteiger partial charge is 0.387 e. The lowest BCUT2D eigenvalue weighted by Gasteiger charge is -2.21. The van der Waals surface area contributed by atoms with Gasteiger partial charge in [-0.25, -0.2) is 4.98 Å². The average Bonchev–Trinajstić information content (AvgIpc) is 2.91. The van der Waals surface area contributed by atoms with Gasteiger partial charge in [0.05, 0.1) is 12.4 Å². The highest BCUT2D eigenvalue weighted by Gasteiger charge is 2.14. The van der Waals surface area contributed by atoms with Gasteiger partial charge < -0.3 is 14.6 Å². The number of aliphatic hydroxyl groups excluding tert-OH is 1. The lowest BCUT2D eigenvalue weighted by molar-refractivity contribution is 0.125. The summed E-state index contributed by atoms with van der Waals surface area (Å²) in [5.74, 6) is 0. The van der Waals surface area contributed by atoms with Crippen LogP contribution in [-0.4, -0.2) is 39.7 Å². The van der Waals surface area contributed by atoms with Crippen LogP contribution in [0.25, 0.3) is 0 Å². The van der Waals surface area contributed by atoms with Crippen LogP contribution in [0.5, 0.6) is 0 Å². The van der Waals surface area contributed by atoms with Gasteiger partial charge in [-0.15, -0.1) is 0 Å². The normalized spacial score (nSPS) is 12.8. The van der Waals surface area contributed by atoms with E-state index in [0.29, 0.717) is 22.2 Å². The molecule has 1 atom stereocenters. The summed E-state index contributed by atoms with van der Waals surface area (Å²) in [6, 6.07) is 5.17. The molecule has 1 N–H and O–H groups in total. The minimum Gasteiger partial charge on any atom is -0.387 e. The van der Waals surface area contributed by atoms with Crippen molar-refractivity contribution < 1.29 is 5.11 Å². The molecule has 0 radical (unpaired) electrons. The highest BCUT2D eigenvalue weighted by molar-refractivity contribution is 6.35. The SMILES string of the molecule is CN(CCCn1ccnc1)CC(O)c1ccc(Cl)cc1Cl. The topological polar surface area (TPSA) is 41.3 Å². The van der Waals surface area contributed by atoms with Crippen molar-refractivity contribution in [2.75, 3.05) is 20.1 Å². The first-order chi connectivity index (χ1) is 10.1. The first kappa shape index (κ1) is 16.3. The third-order valence-corrected chi connectivity index (χ3v) is 3.88. The molecule has 1 aromatic carbocycles. The smallest absolute Gasteiger partial charge is 0.0945 e. The van der Waals surface area contributed by atoms with Crippen LogP contribution < -0.4 is 0 Å². The number of rotatable bonds is 7. The first-order valence-electron chi connectivity index (χ1n) is 6.83. The number of benzene rings is 1. The average molecular weight is 328 g/mol. The Morgan fingerprint density at radius 2 is 2.19 bits per heavy atom. The Hall–Kier alpha value is -1.07. The third kappa shape index (κ3) is 5.00. The third-order valence-electron chi connectivity index (χ3n) is 3.32. The fraction of sp³-hybridized carbons (Fsp3) is 0.400. The van der Waals surface area contributed by atoms with Crippen molar-refractivity contribution in [2.24, 2.45) is 0 Å². The maximum absolute atomic E-state index is 10.3. The molecule has 0 saturated carbocycles. The van der Waals surface area contributed by atoms with Gasteiger partial charge >= 0.3 is 0 Å². The fourth-order valence-electron chi connectivity index (χ4n) is 2.20. The summed E-state index contributed by atoms with van der Waals surface area (Å²) in [6.07, 6.45) is 5.90. The lowest BCUT2D eigenvalue weighted by atomic mass is 10.1. The number of hydrogen-bond acceptors (Lipinski definition) is 3.